The third-order valence-corrected chi connectivity index (χ3v) is 3.14. The van der Waals surface area contributed by atoms with Gasteiger partial charge in [0.1, 0.15) is 0 Å². The van der Waals surface area contributed by atoms with E-state index in [1.807, 2.05) is 37.3 Å². The van der Waals surface area contributed by atoms with Crippen molar-refractivity contribution in [1.29, 1.82) is 0 Å². The Bertz CT molecular complexity index is 384. The first-order chi connectivity index (χ1) is 9.67. The van der Waals surface area contributed by atoms with Gasteiger partial charge in [-0.25, -0.2) is 4.79 Å². The number of ether oxygens (including phenoxy) is 1. The Kier molecular flexibility index (Phi) is 7.69. The van der Waals surface area contributed by atoms with Crippen molar-refractivity contribution in [3.8, 4) is 0 Å². The fourth-order valence-electron chi connectivity index (χ4n) is 1.84. The quantitative estimate of drug-likeness (QED) is 0.678. The Morgan fingerprint density at radius 1 is 1.25 bits per heavy atom. The molecule has 0 saturated carbocycles. The van der Waals surface area contributed by atoms with Gasteiger partial charge in [0.25, 0.3) is 0 Å². The van der Waals surface area contributed by atoms with E-state index < -0.39 is 0 Å². The highest BCUT2D eigenvalue weighted by molar-refractivity contribution is 5.73. The van der Waals surface area contributed by atoms with Gasteiger partial charge in [-0.3, -0.25) is 0 Å². The van der Waals surface area contributed by atoms with E-state index in [4.69, 9.17) is 9.84 Å². The monoisotopic (exact) mass is 280 g/mol. The first-order valence-electron chi connectivity index (χ1n) is 6.87. The van der Waals surface area contributed by atoms with E-state index >= 15 is 0 Å². The molecule has 2 amide bonds. The van der Waals surface area contributed by atoms with Crippen LogP contribution in [0.4, 0.5) is 4.79 Å². The molecule has 0 saturated heterocycles. The van der Waals surface area contributed by atoms with Crippen LogP contribution in [0, 0.1) is 5.92 Å². The standard InChI is InChI=1S/C15H24N2O3/c1-12(8-9-18)10-16-15(19)17-11-14(20-2)13-6-4-3-5-7-13/h3-7,12,14,18H,8-11H2,1-2H3,(H2,16,17,19). The molecule has 112 valence electrons. The first-order valence-corrected chi connectivity index (χ1v) is 6.87. The van der Waals surface area contributed by atoms with Crippen LogP contribution in [0.3, 0.4) is 0 Å². The van der Waals surface area contributed by atoms with E-state index in [0.717, 1.165) is 5.56 Å². The van der Waals surface area contributed by atoms with Crippen molar-refractivity contribution in [1.82, 2.24) is 10.6 Å². The zero-order valence-electron chi connectivity index (χ0n) is 12.1. The third kappa shape index (κ3) is 6.04. The molecular formula is C15H24N2O3. The Morgan fingerprint density at radius 3 is 2.50 bits per heavy atom. The second kappa shape index (κ2) is 9.34. The summed E-state index contributed by atoms with van der Waals surface area (Å²) in [6, 6.07) is 9.55. The van der Waals surface area contributed by atoms with E-state index in [1.54, 1.807) is 7.11 Å². The number of carbonyl (C=O) groups is 1. The minimum Gasteiger partial charge on any atom is -0.396 e. The second-order valence-corrected chi connectivity index (χ2v) is 4.84. The molecule has 0 aliphatic rings. The number of aliphatic hydroxyl groups excluding tert-OH is 1. The zero-order valence-corrected chi connectivity index (χ0v) is 12.1. The minimum absolute atomic E-state index is 0.143. The lowest BCUT2D eigenvalue weighted by molar-refractivity contribution is 0.104. The van der Waals surface area contributed by atoms with Crippen LogP contribution in [0.2, 0.25) is 0 Å². The van der Waals surface area contributed by atoms with E-state index in [1.165, 1.54) is 0 Å². The predicted molar refractivity (Wildman–Crippen MR) is 78.5 cm³/mol. The summed E-state index contributed by atoms with van der Waals surface area (Å²) < 4.78 is 5.38. The molecule has 0 aliphatic carbocycles. The molecule has 2 atom stereocenters. The number of hydrogen-bond donors (Lipinski definition) is 3. The Hall–Kier alpha value is -1.59. The second-order valence-electron chi connectivity index (χ2n) is 4.84. The lowest BCUT2D eigenvalue weighted by Crippen LogP contribution is -2.40. The van der Waals surface area contributed by atoms with Crippen molar-refractivity contribution >= 4 is 6.03 Å². The fraction of sp³-hybridized carbons (Fsp3) is 0.533. The van der Waals surface area contributed by atoms with E-state index in [9.17, 15) is 4.79 Å². The summed E-state index contributed by atoms with van der Waals surface area (Å²) in [6.45, 7) is 3.10. The third-order valence-electron chi connectivity index (χ3n) is 3.14. The van der Waals surface area contributed by atoms with Crippen LogP contribution in [0.1, 0.15) is 25.0 Å². The summed E-state index contributed by atoms with van der Waals surface area (Å²) in [5.41, 5.74) is 1.03. The largest absolute Gasteiger partial charge is 0.396 e. The van der Waals surface area contributed by atoms with E-state index in [2.05, 4.69) is 10.6 Å². The number of nitrogens with one attached hydrogen (secondary N) is 2. The number of amides is 2. The smallest absolute Gasteiger partial charge is 0.314 e. The van der Waals surface area contributed by atoms with Crippen molar-refractivity contribution < 1.29 is 14.6 Å². The van der Waals surface area contributed by atoms with Gasteiger partial charge in [0, 0.05) is 26.8 Å². The Labute approximate surface area is 120 Å². The number of rotatable bonds is 8. The Morgan fingerprint density at radius 2 is 1.90 bits per heavy atom. The molecule has 0 bridgehead atoms. The molecule has 20 heavy (non-hydrogen) atoms. The van der Waals surface area contributed by atoms with Crippen LogP contribution in [0.15, 0.2) is 30.3 Å². The molecule has 1 aromatic carbocycles. The maximum Gasteiger partial charge on any atom is 0.314 e. The maximum absolute atomic E-state index is 11.7. The highest BCUT2D eigenvalue weighted by atomic mass is 16.5. The average molecular weight is 280 g/mol. The van der Waals surface area contributed by atoms with Gasteiger partial charge in [0.2, 0.25) is 0 Å². The Balaban J connectivity index is 2.32. The summed E-state index contributed by atoms with van der Waals surface area (Å²) in [5.74, 6) is 0.262. The van der Waals surface area contributed by atoms with Crippen LogP contribution < -0.4 is 10.6 Å². The van der Waals surface area contributed by atoms with E-state index in [-0.39, 0.29) is 24.7 Å². The lowest BCUT2D eigenvalue weighted by Gasteiger charge is -2.17. The van der Waals surface area contributed by atoms with Crippen LogP contribution in [0.5, 0.6) is 0 Å². The SMILES string of the molecule is COC(CNC(=O)NCC(C)CCO)c1ccccc1. The highest BCUT2D eigenvalue weighted by Gasteiger charge is 2.11. The summed E-state index contributed by atoms with van der Waals surface area (Å²) in [4.78, 5) is 11.7. The molecule has 5 nitrogen and oxygen atoms in total. The molecule has 0 spiro atoms. The van der Waals surface area contributed by atoms with Crippen molar-refractivity contribution in [3.05, 3.63) is 35.9 Å². The van der Waals surface area contributed by atoms with Gasteiger partial charge in [-0.1, -0.05) is 37.3 Å². The van der Waals surface area contributed by atoms with Crippen LogP contribution in [0.25, 0.3) is 0 Å². The highest BCUT2D eigenvalue weighted by Crippen LogP contribution is 2.14. The molecule has 1 rings (SSSR count). The molecular weight excluding hydrogens is 256 g/mol. The number of benzene rings is 1. The molecule has 0 fully saturated rings. The molecule has 1 aromatic rings. The normalized spacial score (nSPS) is 13.6. The maximum atomic E-state index is 11.7. The summed E-state index contributed by atoms with van der Waals surface area (Å²) in [6.07, 6.45) is 0.530. The van der Waals surface area contributed by atoms with Crippen LogP contribution in [-0.2, 0) is 4.74 Å². The van der Waals surface area contributed by atoms with Gasteiger partial charge in [0.15, 0.2) is 0 Å². The van der Waals surface area contributed by atoms with Gasteiger partial charge in [0.05, 0.1) is 6.10 Å². The molecule has 0 heterocycles. The zero-order chi connectivity index (χ0) is 14.8. The molecule has 3 N–H and O–H groups in total. The van der Waals surface area contributed by atoms with E-state index in [0.29, 0.717) is 19.5 Å². The number of urea groups is 1. The average Bonchev–Trinajstić information content (AvgIpc) is 2.47. The number of aliphatic hydroxyl groups is 1. The van der Waals surface area contributed by atoms with Gasteiger partial charge >= 0.3 is 6.03 Å². The number of carbonyl (C=O) groups excluding carboxylic acids is 1. The molecule has 0 radical (unpaired) electrons. The minimum atomic E-state index is -0.215. The number of hydrogen-bond acceptors (Lipinski definition) is 3. The van der Waals surface area contributed by atoms with Crippen molar-refractivity contribution in [2.75, 3.05) is 26.8 Å². The van der Waals surface area contributed by atoms with Crippen molar-refractivity contribution in [2.45, 2.75) is 19.4 Å². The van der Waals surface area contributed by atoms with Crippen LogP contribution >= 0.6 is 0 Å². The van der Waals surface area contributed by atoms with Crippen molar-refractivity contribution in [3.63, 3.8) is 0 Å². The summed E-state index contributed by atoms with van der Waals surface area (Å²) in [7, 11) is 1.63. The summed E-state index contributed by atoms with van der Waals surface area (Å²) in [5, 5.41) is 14.4. The van der Waals surface area contributed by atoms with Crippen LogP contribution in [-0.4, -0.2) is 37.9 Å². The van der Waals surface area contributed by atoms with Gasteiger partial charge in [-0.05, 0) is 17.9 Å². The predicted octanol–water partition coefficient (Wildman–Crippen LogP) is 1.69. The lowest BCUT2D eigenvalue weighted by atomic mass is 10.1. The molecule has 5 heteroatoms. The van der Waals surface area contributed by atoms with Gasteiger partial charge in [-0.2, -0.15) is 0 Å². The molecule has 0 aliphatic heterocycles. The molecule has 0 aromatic heterocycles. The number of methoxy groups -OCH3 is 1. The topological polar surface area (TPSA) is 70.6 Å². The fourth-order valence-corrected chi connectivity index (χ4v) is 1.84. The van der Waals surface area contributed by atoms with Gasteiger partial charge < -0.3 is 20.5 Å². The first kappa shape index (κ1) is 16.5. The summed E-state index contributed by atoms with van der Waals surface area (Å²) >= 11 is 0. The molecule has 2 unspecified atom stereocenters. The van der Waals surface area contributed by atoms with Crippen molar-refractivity contribution in [2.24, 2.45) is 5.92 Å². The van der Waals surface area contributed by atoms with Gasteiger partial charge in [-0.15, -0.1) is 0 Å².